The molecule has 480 valence electrons. The first-order valence-electron chi connectivity index (χ1n) is 28.8. The smallest absolute Gasteiger partial charge is 0.0618 e. The molecule has 0 nitrogen and oxygen atoms in total. The van der Waals surface area contributed by atoms with E-state index in [9.17, 15) is 0 Å². The van der Waals surface area contributed by atoms with Crippen LogP contribution in [0.4, 0.5) is 0 Å². The Kier molecular flexibility index (Phi) is 21.2. The summed E-state index contributed by atoms with van der Waals surface area (Å²) in [6.07, 6.45) is 0. The lowest BCUT2D eigenvalue weighted by molar-refractivity contribution is 1.52. The van der Waals surface area contributed by atoms with Crippen LogP contribution in [0.3, 0.4) is 0 Å². The van der Waals surface area contributed by atoms with Gasteiger partial charge in [0.25, 0.3) is 0 Å². The SMILES string of the molecule is Cc1ccc2c(Br)c(-c3sc4c(Br)c(-c5sc6cc(C)ccc6c5Br)sc4c3Br)sc2c1.Cc1ccc2c(I)c(-c3sc4c(Br)c(-c5sc6cc(C)ccc6c5I)sc4c3Br)sc2c1.Cc1ccc2c(I)c(-c3sc4c(I)c(-c5sc6cc(C)ccc6c5I)sc4c3I)sc2c1. The van der Waals surface area contributed by atoms with Gasteiger partial charge in [0.05, 0.1) is 112 Å². The standard InChI is InChI=1S/C24H12Br4S4.C24H12Br2I2S4.C24H12I4S4/c1-9-3-5-11-13(7-9)29-19(15(11)25)21-17(27)23-24(31-21)18(28)22(32-23)20-16(26)12-6-4-10(2)8-14(12)30-20;1-9-3-5-11-13(7-9)29-23(17(11)27)21-15(25)19-20(31-21)16(26)22(32-19)24-18(28)12-6-4-10(2)8-14(12)30-24;1-9-3-5-11-13(7-9)29-19(15(11)25)21-17(27)23-24(31-21)18(28)22(32-23)20-16(26)12-6-4-10(2)8-14(12)30-20/h3*3-8H,1-2H3. The first kappa shape index (κ1) is 71.6. The molecule has 12 heterocycles. The van der Waals surface area contributed by atoms with Crippen molar-refractivity contribution in [2.75, 3.05) is 0 Å². The van der Waals surface area contributed by atoms with Crippen LogP contribution in [0.1, 0.15) is 33.4 Å². The van der Waals surface area contributed by atoms with E-state index in [0.717, 1.165) is 0 Å². The molecule has 0 radical (unpaired) electrons. The van der Waals surface area contributed by atoms with Gasteiger partial charge in [0.1, 0.15) is 0 Å². The molecule has 0 spiro atoms. The van der Waals surface area contributed by atoms with Crippen LogP contribution in [0.2, 0.25) is 0 Å². The highest BCUT2D eigenvalue weighted by Gasteiger charge is 2.30. The first-order valence-corrected chi connectivity index (χ1v) is 49.9. The van der Waals surface area contributed by atoms with Crippen LogP contribution in [0.15, 0.2) is 136 Å². The molecule has 0 aliphatic heterocycles. The summed E-state index contributed by atoms with van der Waals surface area (Å²) in [6, 6.07) is 40.5. The molecular formula is C72H36Br6I6S12. The van der Waals surface area contributed by atoms with E-state index in [2.05, 4.69) is 382 Å². The second-order valence-electron chi connectivity index (χ2n) is 22.9. The van der Waals surface area contributed by atoms with Crippen molar-refractivity contribution in [2.24, 2.45) is 0 Å². The average molecular weight is 2530 g/mol. The summed E-state index contributed by atoms with van der Waals surface area (Å²) in [4.78, 5) is 16.3. The Morgan fingerprint density at radius 3 is 0.635 bits per heavy atom. The molecule has 96 heavy (non-hydrogen) atoms. The van der Waals surface area contributed by atoms with Gasteiger partial charge in [-0.2, -0.15) is 0 Å². The summed E-state index contributed by atoms with van der Waals surface area (Å²) in [5.41, 5.74) is 7.87. The zero-order valence-corrected chi connectivity index (χ0v) is 82.1. The quantitative estimate of drug-likeness (QED) is 0.146. The minimum atomic E-state index is 1.19. The monoisotopic (exact) mass is 2520 g/mol. The van der Waals surface area contributed by atoms with Gasteiger partial charge in [-0.25, -0.2) is 0 Å². The van der Waals surface area contributed by atoms with Gasteiger partial charge < -0.3 is 0 Å². The predicted octanol–water partition coefficient (Wildman–Crippen LogP) is 36.2. The van der Waals surface area contributed by atoms with Gasteiger partial charge in [-0.1, -0.05) is 72.8 Å². The Hall–Kier alpha value is 1.32. The fraction of sp³-hybridized carbons (Fsp3) is 0.0833. The molecule has 24 heteroatoms. The maximum absolute atomic E-state index is 3.98. The lowest BCUT2D eigenvalue weighted by atomic mass is 10.2. The fourth-order valence-electron chi connectivity index (χ4n) is 11.4. The van der Waals surface area contributed by atoms with Crippen LogP contribution in [0.5, 0.6) is 0 Å². The van der Waals surface area contributed by atoms with E-state index >= 15 is 0 Å². The van der Waals surface area contributed by atoms with Crippen molar-refractivity contribution >= 4 is 456 Å². The topological polar surface area (TPSA) is 0 Å². The van der Waals surface area contributed by atoms with Gasteiger partial charge in [0, 0.05) is 83.7 Å². The van der Waals surface area contributed by atoms with Crippen LogP contribution in [-0.2, 0) is 0 Å². The van der Waals surface area contributed by atoms with E-state index in [4.69, 9.17) is 0 Å². The Bertz CT molecular complexity index is 5320. The lowest BCUT2D eigenvalue weighted by Crippen LogP contribution is -1.76. The largest absolute Gasteiger partial charge is 0.133 e. The highest BCUT2D eigenvalue weighted by Crippen LogP contribution is 2.61. The van der Waals surface area contributed by atoms with Crippen molar-refractivity contribution in [2.45, 2.75) is 41.5 Å². The van der Waals surface area contributed by atoms with E-state index < -0.39 is 0 Å². The van der Waals surface area contributed by atoms with E-state index in [1.165, 1.54) is 229 Å². The number of hydrogen-bond acceptors (Lipinski definition) is 12. The third-order valence-electron chi connectivity index (χ3n) is 16.2. The molecule has 0 fully saturated rings. The second-order valence-corrected chi connectivity index (χ2v) is 46.6. The molecule has 0 saturated carbocycles. The molecule has 6 aromatic carbocycles. The van der Waals surface area contributed by atoms with Gasteiger partial charge in [0.2, 0.25) is 0 Å². The van der Waals surface area contributed by atoms with E-state index in [1.54, 1.807) is 0 Å². The molecule has 0 bridgehead atoms. The Labute approximate surface area is 733 Å². The van der Waals surface area contributed by atoms with Crippen LogP contribution in [0.25, 0.3) is 147 Å². The Morgan fingerprint density at radius 2 is 0.375 bits per heavy atom. The third kappa shape index (κ3) is 12.6. The van der Waals surface area contributed by atoms with E-state index in [-0.39, 0.29) is 0 Å². The van der Waals surface area contributed by atoms with Gasteiger partial charge in [-0.15, -0.1) is 136 Å². The molecular weight excluding hydrogens is 2490 g/mol. The highest BCUT2D eigenvalue weighted by atomic mass is 127. The highest BCUT2D eigenvalue weighted by molar-refractivity contribution is 14.1. The summed E-state index contributed by atoms with van der Waals surface area (Å²) in [7, 11) is 0. The molecule has 0 amide bonds. The van der Waals surface area contributed by atoms with Crippen LogP contribution in [-0.4, -0.2) is 0 Å². The van der Waals surface area contributed by atoms with Gasteiger partial charge in [-0.3, -0.25) is 0 Å². The Balaban J connectivity index is 0.000000113. The predicted molar refractivity (Wildman–Crippen MR) is 515 cm³/mol. The molecule has 12 aromatic heterocycles. The van der Waals surface area contributed by atoms with Gasteiger partial charge >= 0.3 is 0 Å². The third-order valence-corrected chi connectivity index (χ3v) is 48.7. The van der Waals surface area contributed by atoms with E-state index in [0.29, 0.717) is 0 Å². The first-order chi connectivity index (χ1) is 46.0. The number of aryl methyl sites for hydroxylation is 6. The van der Waals surface area contributed by atoms with Crippen LogP contribution in [0, 0.1) is 63.0 Å². The van der Waals surface area contributed by atoms with Crippen LogP contribution >= 0.6 is 367 Å². The minimum Gasteiger partial charge on any atom is -0.133 e. The van der Waals surface area contributed by atoms with Gasteiger partial charge in [-0.05, 0) is 342 Å². The summed E-state index contributed by atoms with van der Waals surface area (Å²) in [5, 5.41) is 8.04. The number of benzene rings is 6. The van der Waals surface area contributed by atoms with Crippen molar-refractivity contribution < 1.29 is 0 Å². The van der Waals surface area contributed by atoms with E-state index in [1.807, 2.05) is 136 Å². The Morgan fingerprint density at radius 1 is 0.198 bits per heavy atom. The van der Waals surface area contributed by atoms with Crippen molar-refractivity contribution in [1.29, 1.82) is 0 Å². The second kappa shape index (κ2) is 28.5. The fourth-order valence-corrected chi connectivity index (χ4v) is 42.3. The molecule has 18 aromatic rings. The summed E-state index contributed by atoms with van der Waals surface area (Å²) < 4.78 is 31.8. The summed E-state index contributed by atoms with van der Waals surface area (Å²) in [6.45, 7) is 13.0. The minimum absolute atomic E-state index is 1.19. The van der Waals surface area contributed by atoms with Crippen molar-refractivity contribution in [3.8, 4) is 58.5 Å². The maximum atomic E-state index is 3.98. The zero-order chi connectivity index (χ0) is 66.9. The number of hydrogen-bond donors (Lipinski definition) is 0. The molecule has 18 rings (SSSR count). The average Bonchev–Trinajstić information content (AvgIpc) is 1.57. The maximum Gasteiger partial charge on any atom is 0.0618 e. The molecule has 0 saturated heterocycles. The summed E-state index contributed by atoms with van der Waals surface area (Å²) >= 11 is 61.7. The number of rotatable bonds is 6. The van der Waals surface area contributed by atoms with Crippen molar-refractivity contribution in [1.82, 2.24) is 0 Å². The number of fused-ring (bicyclic) bond motifs is 9. The van der Waals surface area contributed by atoms with Crippen molar-refractivity contribution in [3.63, 3.8) is 0 Å². The lowest BCUT2D eigenvalue weighted by Gasteiger charge is -1.98. The van der Waals surface area contributed by atoms with Gasteiger partial charge in [0.15, 0.2) is 0 Å². The van der Waals surface area contributed by atoms with Crippen molar-refractivity contribution in [3.05, 3.63) is 191 Å². The number of halogens is 12. The molecule has 0 aliphatic rings. The number of thiophene rings is 12. The molecule has 0 N–H and O–H groups in total. The summed E-state index contributed by atoms with van der Waals surface area (Å²) in [5.74, 6) is 0. The normalized spacial score (nSPS) is 12.1. The molecule has 0 unspecified atom stereocenters. The molecule has 0 atom stereocenters. The zero-order valence-electron chi connectivity index (χ0n) is 49.8. The molecule has 0 aliphatic carbocycles. The van der Waals surface area contributed by atoms with Crippen LogP contribution < -0.4 is 0 Å².